The van der Waals surface area contributed by atoms with Crippen LogP contribution < -0.4 is 4.74 Å². The van der Waals surface area contributed by atoms with Gasteiger partial charge >= 0.3 is 0 Å². The highest BCUT2D eigenvalue weighted by molar-refractivity contribution is 7.97. The van der Waals surface area contributed by atoms with Crippen molar-refractivity contribution in [3.8, 4) is 39.1 Å². The van der Waals surface area contributed by atoms with Crippen molar-refractivity contribution < 1.29 is 31.1 Å². The molecule has 0 amide bonds. The van der Waals surface area contributed by atoms with E-state index in [0.29, 0.717) is 33.9 Å². The summed E-state index contributed by atoms with van der Waals surface area (Å²) in [6.45, 7) is 1.94. The number of hydrogen-bond donors (Lipinski definition) is 0. The van der Waals surface area contributed by atoms with E-state index in [2.05, 4.69) is 0 Å². The predicted molar refractivity (Wildman–Crippen MR) is 183 cm³/mol. The topological polar surface area (TPSA) is 9.23 Å². The van der Waals surface area contributed by atoms with Crippen LogP contribution in [-0.2, 0) is 17.3 Å². The minimum atomic E-state index is -1.16. The largest absolute Gasteiger partial charge is 0.497 e. The molecule has 0 fully saturated rings. The maximum absolute atomic E-state index is 16.2. The molecule has 1 nitrogen and oxygen atoms in total. The number of halogens is 6. The molecule has 1 atom stereocenters. The molecule has 0 N–H and O–H groups in total. The van der Waals surface area contributed by atoms with E-state index < -0.39 is 62.5 Å². The summed E-state index contributed by atoms with van der Waals surface area (Å²) in [7, 11) is 0.365. The molecule has 8 heteroatoms. The summed E-state index contributed by atoms with van der Waals surface area (Å²) in [5, 5.41) is 0. The minimum Gasteiger partial charge on any atom is -0.497 e. The van der Waals surface area contributed by atoms with Crippen molar-refractivity contribution >= 4 is 10.9 Å². The molecule has 0 aliphatic heterocycles. The van der Waals surface area contributed by atoms with E-state index in [4.69, 9.17) is 4.74 Å². The maximum Gasteiger partial charge on any atom is 0.175 e. The molecule has 0 spiro atoms. The third-order valence-corrected chi connectivity index (χ3v) is 10.6. The summed E-state index contributed by atoms with van der Waals surface area (Å²) >= 11 is 0. The fourth-order valence-corrected chi connectivity index (χ4v) is 8.37. The second-order valence-electron chi connectivity index (χ2n) is 11.3. The first-order valence-electron chi connectivity index (χ1n) is 15.7. The zero-order valence-corrected chi connectivity index (χ0v) is 27.5. The summed E-state index contributed by atoms with van der Waals surface area (Å²) in [4.78, 5) is 1.76. The summed E-state index contributed by atoms with van der Waals surface area (Å²) < 4.78 is 102. The third-order valence-electron chi connectivity index (χ3n) is 8.30. The number of hydrogen-bond acceptors (Lipinski definition) is 1. The lowest BCUT2D eigenvalue weighted by atomic mass is 9.82. The van der Waals surface area contributed by atoms with Gasteiger partial charge in [-0.1, -0.05) is 49.7 Å². The SMILES string of the molecule is CCCCc1cc([S+](c2ccccc2)c2ccc(OC)cc2)c(-c2c(F)cccc2F)c(-c2c(F)cccc2F)c1-c1c(F)cccc1F. The van der Waals surface area contributed by atoms with E-state index in [-0.39, 0.29) is 23.1 Å². The molecule has 6 aromatic rings. The molecule has 0 aliphatic carbocycles. The number of benzene rings is 6. The Kier molecular flexibility index (Phi) is 10.2. The van der Waals surface area contributed by atoms with E-state index in [1.807, 2.05) is 49.4 Å². The highest BCUT2D eigenvalue weighted by atomic mass is 32.2. The molecule has 0 radical (unpaired) electrons. The van der Waals surface area contributed by atoms with Crippen LogP contribution in [0.2, 0.25) is 0 Å². The van der Waals surface area contributed by atoms with Crippen LogP contribution in [-0.4, -0.2) is 7.11 Å². The molecule has 49 heavy (non-hydrogen) atoms. The fraction of sp³-hybridized carbons (Fsp3) is 0.122. The monoisotopic (exact) mass is 685 g/mol. The average molecular weight is 686 g/mol. The summed E-state index contributed by atoms with van der Waals surface area (Å²) in [5.74, 6) is -5.53. The lowest BCUT2D eigenvalue weighted by Gasteiger charge is -2.24. The van der Waals surface area contributed by atoms with Crippen LogP contribution in [0.4, 0.5) is 26.3 Å². The lowest BCUT2D eigenvalue weighted by molar-refractivity contribution is 0.414. The minimum absolute atomic E-state index is 0.166. The number of ether oxygens (including phenoxy) is 1. The van der Waals surface area contributed by atoms with Gasteiger partial charge in [-0.15, -0.1) is 0 Å². The van der Waals surface area contributed by atoms with E-state index in [9.17, 15) is 0 Å². The van der Waals surface area contributed by atoms with Crippen LogP contribution >= 0.6 is 0 Å². The van der Waals surface area contributed by atoms with Crippen LogP contribution in [0.5, 0.6) is 5.75 Å². The van der Waals surface area contributed by atoms with Crippen LogP contribution in [0.3, 0.4) is 0 Å². The normalized spacial score (nSPS) is 11.8. The van der Waals surface area contributed by atoms with Crippen LogP contribution in [0.1, 0.15) is 25.3 Å². The van der Waals surface area contributed by atoms with Gasteiger partial charge in [-0.05, 0) is 103 Å². The molecular weight excluding hydrogens is 655 g/mol. The number of unbranched alkanes of at least 4 members (excludes halogenated alkanes) is 1. The number of rotatable bonds is 10. The second kappa shape index (κ2) is 14.7. The van der Waals surface area contributed by atoms with Crippen molar-refractivity contribution in [2.45, 2.75) is 40.9 Å². The van der Waals surface area contributed by atoms with Gasteiger partial charge in [-0.25, -0.2) is 26.3 Å². The molecule has 248 valence electrons. The van der Waals surface area contributed by atoms with Crippen LogP contribution in [0, 0.1) is 34.9 Å². The standard InChI is InChI=1S/C41H31F6OS/c1-3-4-11-25-24-35(49(27-12-6-5-7-13-27)28-22-20-26(48-2)21-23-28)40(38-31(44)16-9-17-32(38)45)41(39-33(46)18-10-19-34(39)47)36(25)37-29(42)14-8-15-30(37)43/h5-10,12-24H,3-4,11H2,1-2H3/q+1. The smallest absolute Gasteiger partial charge is 0.175 e. The molecule has 6 rings (SSSR count). The molecule has 0 heterocycles. The van der Waals surface area contributed by atoms with Gasteiger partial charge < -0.3 is 4.74 Å². The van der Waals surface area contributed by atoms with Crippen molar-refractivity contribution in [2.75, 3.05) is 7.11 Å². The average Bonchev–Trinajstić information content (AvgIpc) is 3.09. The Morgan fingerprint density at radius 3 is 1.41 bits per heavy atom. The van der Waals surface area contributed by atoms with Crippen LogP contribution in [0.15, 0.2) is 130 Å². The predicted octanol–water partition coefficient (Wildman–Crippen LogP) is 12.0. The van der Waals surface area contributed by atoms with Crippen molar-refractivity contribution in [1.29, 1.82) is 0 Å². The Morgan fingerprint density at radius 2 is 0.939 bits per heavy atom. The van der Waals surface area contributed by atoms with Crippen molar-refractivity contribution in [2.24, 2.45) is 0 Å². The fourth-order valence-electron chi connectivity index (χ4n) is 6.09. The van der Waals surface area contributed by atoms with Gasteiger partial charge in [0.05, 0.1) is 40.3 Å². The first-order valence-corrected chi connectivity index (χ1v) is 16.9. The van der Waals surface area contributed by atoms with Crippen LogP contribution in [0.25, 0.3) is 33.4 Å². The highest BCUT2D eigenvalue weighted by Gasteiger charge is 2.39. The summed E-state index contributed by atoms with van der Waals surface area (Å²) in [6, 6.07) is 27.8. The van der Waals surface area contributed by atoms with Gasteiger partial charge in [0.15, 0.2) is 14.7 Å². The zero-order chi connectivity index (χ0) is 34.7. The van der Waals surface area contributed by atoms with Gasteiger partial charge in [0.25, 0.3) is 0 Å². The molecule has 6 aromatic carbocycles. The van der Waals surface area contributed by atoms with E-state index >= 15 is 26.3 Å². The van der Waals surface area contributed by atoms with Crippen molar-refractivity contribution in [3.05, 3.63) is 156 Å². The zero-order valence-electron chi connectivity index (χ0n) is 26.7. The molecule has 0 aliphatic rings. The Bertz CT molecular complexity index is 2050. The molecule has 0 bridgehead atoms. The third kappa shape index (κ3) is 6.57. The first kappa shape index (κ1) is 33.9. The number of methoxy groups -OCH3 is 1. The molecule has 0 aromatic heterocycles. The van der Waals surface area contributed by atoms with Crippen molar-refractivity contribution in [1.82, 2.24) is 0 Å². The quantitative estimate of drug-likeness (QED) is 0.103. The van der Waals surface area contributed by atoms with Gasteiger partial charge in [0.1, 0.15) is 40.7 Å². The number of aryl methyl sites for hydroxylation is 1. The lowest BCUT2D eigenvalue weighted by Crippen LogP contribution is -2.12. The molecule has 0 saturated heterocycles. The Hall–Kier alpha value is -4.95. The van der Waals surface area contributed by atoms with E-state index in [1.54, 1.807) is 18.2 Å². The van der Waals surface area contributed by atoms with E-state index in [0.717, 1.165) is 47.4 Å². The second-order valence-corrected chi connectivity index (χ2v) is 13.3. The molecule has 1 unspecified atom stereocenters. The van der Waals surface area contributed by atoms with Gasteiger partial charge in [-0.2, -0.15) is 0 Å². The highest BCUT2D eigenvalue weighted by Crippen LogP contribution is 2.52. The van der Waals surface area contributed by atoms with Gasteiger partial charge in [0, 0.05) is 5.56 Å². The summed E-state index contributed by atoms with van der Waals surface area (Å²) in [5.41, 5.74) is -2.10. The maximum atomic E-state index is 16.2. The van der Waals surface area contributed by atoms with E-state index in [1.165, 1.54) is 19.2 Å². The Morgan fingerprint density at radius 1 is 0.490 bits per heavy atom. The summed E-state index contributed by atoms with van der Waals surface area (Å²) in [6.07, 6.45) is 1.49. The van der Waals surface area contributed by atoms with Crippen molar-refractivity contribution in [3.63, 3.8) is 0 Å². The molecular formula is C41H31F6OS+. The Labute approximate surface area is 284 Å². The Balaban J connectivity index is 1.91. The molecule has 0 saturated carbocycles. The van der Waals surface area contributed by atoms with Gasteiger partial charge in [0.2, 0.25) is 0 Å². The van der Waals surface area contributed by atoms with Gasteiger partial charge in [-0.3, -0.25) is 0 Å². The first-order chi connectivity index (χ1) is 23.7.